The highest BCUT2D eigenvalue weighted by Crippen LogP contribution is 2.27. The van der Waals surface area contributed by atoms with Crippen LogP contribution < -0.4 is 10.1 Å². The summed E-state index contributed by atoms with van der Waals surface area (Å²) in [5.74, 6) is 1.66. The molecule has 126 valence electrons. The maximum absolute atomic E-state index is 12.3. The van der Waals surface area contributed by atoms with Crippen LogP contribution in [0.3, 0.4) is 0 Å². The Hall–Kier alpha value is -2.36. The van der Waals surface area contributed by atoms with Gasteiger partial charge in [0.05, 0.1) is 0 Å². The van der Waals surface area contributed by atoms with Gasteiger partial charge in [-0.3, -0.25) is 4.79 Å². The summed E-state index contributed by atoms with van der Waals surface area (Å²) in [4.78, 5) is 16.6. The highest BCUT2D eigenvalue weighted by molar-refractivity contribution is 5.91. The second kappa shape index (κ2) is 8.48. The van der Waals surface area contributed by atoms with Gasteiger partial charge >= 0.3 is 0 Å². The third-order valence-electron chi connectivity index (χ3n) is 4.46. The predicted octanol–water partition coefficient (Wildman–Crippen LogP) is 4.57. The number of nitrogens with one attached hydrogen (secondary N) is 1. The van der Waals surface area contributed by atoms with Crippen molar-refractivity contribution in [3.8, 4) is 5.75 Å². The highest BCUT2D eigenvalue weighted by Gasteiger charge is 2.18. The summed E-state index contributed by atoms with van der Waals surface area (Å²) in [5, 5.41) is 2.92. The van der Waals surface area contributed by atoms with Gasteiger partial charge in [-0.05, 0) is 36.5 Å². The van der Waals surface area contributed by atoms with Crippen LogP contribution in [0.15, 0.2) is 48.7 Å². The van der Waals surface area contributed by atoms with Crippen molar-refractivity contribution in [1.29, 1.82) is 0 Å². The summed E-state index contributed by atoms with van der Waals surface area (Å²) in [6.07, 6.45) is 8.36. The van der Waals surface area contributed by atoms with Gasteiger partial charge in [0.1, 0.15) is 6.61 Å². The molecule has 0 spiro atoms. The molecule has 1 aliphatic carbocycles. The van der Waals surface area contributed by atoms with Crippen LogP contribution in [0, 0.1) is 5.92 Å². The van der Waals surface area contributed by atoms with E-state index in [0.29, 0.717) is 30.5 Å². The van der Waals surface area contributed by atoms with Gasteiger partial charge < -0.3 is 10.1 Å². The molecule has 1 amide bonds. The van der Waals surface area contributed by atoms with Crippen molar-refractivity contribution in [3.63, 3.8) is 0 Å². The number of aromatic nitrogens is 1. The molecule has 0 unspecified atom stereocenters. The summed E-state index contributed by atoms with van der Waals surface area (Å²) in [6.45, 7) is 0.456. The molecule has 1 aromatic carbocycles. The Bertz CT molecular complexity index is 652. The lowest BCUT2D eigenvalue weighted by Gasteiger charge is -2.21. The average Bonchev–Trinajstić information content (AvgIpc) is 2.63. The van der Waals surface area contributed by atoms with Crippen molar-refractivity contribution in [2.24, 2.45) is 5.92 Å². The van der Waals surface area contributed by atoms with Crippen molar-refractivity contribution in [3.05, 3.63) is 54.2 Å². The van der Waals surface area contributed by atoms with E-state index >= 15 is 0 Å². The first kappa shape index (κ1) is 16.5. The lowest BCUT2D eigenvalue weighted by atomic mass is 9.87. The molecule has 0 radical (unpaired) electrons. The molecule has 0 bridgehead atoms. The zero-order chi connectivity index (χ0) is 16.6. The molecule has 1 saturated carbocycles. The minimum absolute atomic E-state index is 0.0326. The van der Waals surface area contributed by atoms with E-state index in [1.165, 1.54) is 19.3 Å². The van der Waals surface area contributed by atoms with Crippen LogP contribution in [0.5, 0.6) is 5.75 Å². The van der Waals surface area contributed by atoms with E-state index in [9.17, 15) is 4.79 Å². The fourth-order valence-electron chi connectivity index (χ4n) is 3.17. The third-order valence-corrected chi connectivity index (χ3v) is 4.46. The standard InChI is InChI=1S/C20H24N2O2/c23-19(14-16-8-3-1-4-9-16)22-20-18(12-7-13-21-20)24-15-17-10-5-2-6-11-17/h2,5-7,10-13,16H,1,3-4,8-9,14-15H2,(H,21,22,23). The zero-order valence-electron chi connectivity index (χ0n) is 13.9. The number of hydrogen-bond acceptors (Lipinski definition) is 3. The van der Waals surface area contributed by atoms with Crippen molar-refractivity contribution < 1.29 is 9.53 Å². The Morgan fingerprint density at radius 3 is 2.67 bits per heavy atom. The molecule has 1 fully saturated rings. The maximum atomic E-state index is 12.3. The minimum atomic E-state index is 0.0326. The van der Waals surface area contributed by atoms with Gasteiger partial charge in [0.25, 0.3) is 0 Å². The normalized spacial score (nSPS) is 15.0. The van der Waals surface area contributed by atoms with Crippen molar-refractivity contribution >= 4 is 11.7 Å². The summed E-state index contributed by atoms with van der Waals surface area (Å²) < 4.78 is 5.84. The first-order valence-corrected chi connectivity index (χ1v) is 8.73. The van der Waals surface area contributed by atoms with E-state index in [1.807, 2.05) is 42.5 Å². The van der Waals surface area contributed by atoms with E-state index in [1.54, 1.807) is 6.20 Å². The number of carbonyl (C=O) groups is 1. The fraction of sp³-hybridized carbons (Fsp3) is 0.400. The molecule has 1 N–H and O–H groups in total. The number of anilines is 1. The van der Waals surface area contributed by atoms with E-state index in [-0.39, 0.29) is 5.91 Å². The minimum Gasteiger partial charge on any atom is -0.485 e. The SMILES string of the molecule is O=C(CC1CCCCC1)Nc1ncccc1OCc1ccccc1. The fourth-order valence-corrected chi connectivity index (χ4v) is 3.17. The van der Waals surface area contributed by atoms with E-state index in [4.69, 9.17) is 4.74 Å². The van der Waals surface area contributed by atoms with Crippen LogP contribution in [0.4, 0.5) is 5.82 Å². The Morgan fingerprint density at radius 1 is 1.08 bits per heavy atom. The summed E-state index contributed by atoms with van der Waals surface area (Å²) >= 11 is 0. The van der Waals surface area contributed by atoms with Gasteiger partial charge in [-0.1, -0.05) is 49.6 Å². The molecule has 3 rings (SSSR count). The smallest absolute Gasteiger partial charge is 0.225 e. The Morgan fingerprint density at radius 2 is 1.88 bits per heavy atom. The van der Waals surface area contributed by atoms with Crippen LogP contribution >= 0.6 is 0 Å². The van der Waals surface area contributed by atoms with Crippen molar-refractivity contribution in [2.75, 3.05) is 5.32 Å². The lowest BCUT2D eigenvalue weighted by Crippen LogP contribution is -2.19. The molecular weight excluding hydrogens is 300 g/mol. The molecule has 0 aliphatic heterocycles. The number of benzene rings is 1. The number of hydrogen-bond donors (Lipinski definition) is 1. The molecule has 0 saturated heterocycles. The molecule has 0 atom stereocenters. The van der Waals surface area contributed by atoms with E-state index < -0.39 is 0 Å². The van der Waals surface area contributed by atoms with Crippen LogP contribution in [-0.2, 0) is 11.4 Å². The maximum Gasteiger partial charge on any atom is 0.225 e. The van der Waals surface area contributed by atoms with Crippen LogP contribution in [-0.4, -0.2) is 10.9 Å². The first-order valence-electron chi connectivity index (χ1n) is 8.73. The van der Waals surface area contributed by atoms with Gasteiger partial charge in [-0.25, -0.2) is 4.98 Å². The Labute approximate surface area is 143 Å². The average molecular weight is 324 g/mol. The molecule has 1 aliphatic rings. The molecule has 1 aromatic heterocycles. The van der Waals surface area contributed by atoms with Crippen LogP contribution in [0.25, 0.3) is 0 Å². The number of pyridine rings is 1. The molecular formula is C20H24N2O2. The summed E-state index contributed by atoms with van der Waals surface area (Å²) in [5.41, 5.74) is 1.08. The number of nitrogens with zero attached hydrogens (tertiary/aromatic N) is 1. The van der Waals surface area contributed by atoms with Gasteiger partial charge in [0.2, 0.25) is 5.91 Å². The summed E-state index contributed by atoms with van der Waals surface area (Å²) in [7, 11) is 0. The van der Waals surface area contributed by atoms with Crippen LogP contribution in [0.2, 0.25) is 0 Å². The van der Waals surface area contributed by atoms with E-state index in [0.717, 1.165) is 18.4 Å². The van der Waals surface area contributed by atoms with Crippen molar-refractivity contribution in [1.82, 2.24) is 4.98 Å². The number of amides is 1. The lowest BCUT2D eigenvalue weighted by molar-refractivity contribution is -0.117. The molecule has 1 heterocycles. The second-order valence-corrected chi connectivity index (χ2v) is 6.38. The number of ether oxygens (including phenoxy) is 1. The first-order chi connectivity index (χ1) is 11.8. The molecule has 2 aromatic rings. The van der Waals surface area contributed by atoms with Gasteiger partial charge in [-0.15, -0.1) is 0 Å². The van der Waals surface area contributed by atoms with Crippen molar-refractivity contribution in [2.45, 2.75) is 45.1 Å². The van der Waals surface area contributed by atoms with E-state index in [2.05, 4.69) is 10.3 Å². The quantitative estimate of drug-likeness (QED) is 0.847. The Kier molecular flexibility index (Phi) is 5.83. The van der Waals surface area contributed by atoms with Gasteiger partial charge in [0.15, 0.2) is 11.6 Å². The Balaban J connectivity index is 1.57. The molecule has 4 heteroatoms. The largest absolute Gasteiger partial charge is 0.485 e. The second-order valence-electron chi connectivity index (χ2n) is 6.38. The zero-order valence-corrected chi connectivity index (χ0v) is 13.9. The van der Waals surface area contributed by atoms with Gasteiger partial charge in [0, 0.05) is 12.6 Å². The molecule has 4 nitrogen and oxygen atoms in total. The summed E-state index contributed by atoms with van der Waals surface area (Å²) in [6, 6.07) is 13.6. The van der Waals surface area contributed by atoms with Crippen LogP contribution in [0.1, 0.15) is 44.1 Å². The number of carbonyl (C=O) groups excluding carboxylic acids is 1. The predicted molar refractivity (Wildman–Crippen MR) is 94.8 cm³/mol. The molecule has 24 heavy (non-hydrogen) atoms. The highest BCUT2D eigenvalue weighted by atomic mass is 16.5. The third kappa shape index (κ3) is 4.82. The number of rotatable bonds is 6. The topological polar surface area (TPSA) is 51.2 Å². The monoisotopic (exact) mass is 324 g/mol. The van der Waals surface area contributed by atoms with Gasteiger partial charge in [-0.2, -0.15) is 0 Å².